The Morgan fingerprint density at radius 1 is 1.06 bits per heavy atom. The summed E-state index contributed by atoms with van der Waals surface area (Å²) in [4.78, 5) is 0. The van der Waals surface area contributed by atoms with E-state index in [9.17, 15) is 0 Å². The second kappa shape index (κ2) is 4.34. The lowest BCUT2D eigenvalue weighted by atomic mass is 10.0. The number of fused-ring (bicyclic) bond motifs is 1. The molecule has 0 fully saturated rings. The summed E-state index contributed by atoms with van der Waals surface area (Å²) in [6.45, 7) is 4.20. The molecule has 1 aromatic heterocycles. The van der Waals surface area contributed by atoms with Crippen molar-refractivity contribution < 1.29 is 0 Å². The standard InChI is InChI=1S/C14H17N3/c1-10-2-4-11(5-3-10)14-12-6-8-15-9-7-13(12)16-17-14/h2-5,15H,6-9H2,1H3,(H,16,17). The van der Waals surface area contributed by atoms with Crippen molar-refractivity contribution in [1.29, 1.82) is 0 Å². The minimum Gasteiger partial charge on any atom is -0.316 e. The maximum absolute atomic E-state index is 4.49. The Labute approximate surface area is 101 Å². The Morgan fingerprint density at radius 2 is 1.82 bits per heavy atom. The maximum Gasteiger partial charge on any atom is 0.0955 e. The van der Waals surface area contributed by atoms with Gasteiger partial charge >= 0.3 is 0 Å². The van der Waals surface area contributed by atoms with E-state index in [4.69, 9.17) is 0 Å². The molecule has 2 N–H and O–H groups in total. The number of aromatic nitrogens is 2. The lowest BCUT2D eigenvalue weighted by Crippen LogP contribution is -2.16. The third-order valence-corrected chi connectivity index (χ3v) is 3.38. The van der Waals surface area contributed by atoms with E-state index in [0.717, 1.165) is 31.6 Å². The molecule has 3 heteroatoms. The first-order chi connectivity index (χ1) is 8.34. The fraction of sp³-hybridized carbons (Fsp3) is 0.357. The summed E-state index contributed by atoms with van der Waals surface area (Å²) in [6, 6.07) is 8.60. The Morgan fingerprint density at radius 3 is 2.65 bits per heavy atom. The van der Waals surface area contributed by atoms with Crippen molar-refractivity contribution in [2.45, 2.75) is 19.8 Å². The van der Waals surface area contributed by atoms with Crippen molar-refractivity contribution in [3.05, 3.63) is 41.1 Å². The van der Waals surface area contributed by atoms with Gasteiger partial charge in [0, 0.05) is 29.8 Å². The van der Waals surface area contributed by atoms with Gasteiger partial charge in [0.1, 0.15) is 0 Å². The highest BCUT2D eigenvalue weighted by Crippen LogP contribution is 2.25. The summed E-state index contributed by atoms with van der Waals surface area (Å²) in [7, 11) is 0. The summed E-state index contributed by atoms with van der Waals surface area (Å²) in [5.41, 5.74) is 6.32. The molecule has 3 rings (SSSR count). The molecule has 1 aromatic carbocycles. The van der Waals surface area contributed by atoms with Crippen molar-refractivity contribution in [2.24, 2.45) is 0 Å². The van der Waals surface area contributed by atoms with Gasteiger partial charge in [0.25, 0.3) is 0 Å². The molecular formula is C14H17N3. The third kappa shape index (κ3) is 1.98. The van der Waals surface area contributed by atoms with E-state index in [1.807, 2.05) is 0 Å². The van der Waals surface area contributed by atoms with Crippen LogP contribution in [0.4, 0.5) is 0 Å². The quantitative estimate of drug-likeness (QED) is 0.783. The minimum atomic E-state index is 1.04. The van der Waals surface area contributed by atoms with Crippen LogP contribution in [0.1, 0.15) is 16.8 Å². The molecule has 17 heavy (non-hydrogen) atoms. The number of H-pyrrole nitrogens is 1. The van der Waals surface area contributed by atoms with Crippen LogP contribution in [0.2, 0.25) is 0 Å². The highest BCUT2D eigenvalue weighted by atomic mass is 15.1. The highest BCUT2D eigenvalue weighted by molar-refractivity contribution is 5.64. The molecule has 1 aliphatic rings. The van der Waals surface area contributed by atoms with Crippen LogP contribution in [-0.2, 0) is 12.8 Å². The Kier molecular flexibility index (Phi) is 2.69. The summed E-state index contributed by atoms with van der Waals surface area (Å²) in [5.74, 6) is 0. The molecule has 0 amide bonds. The zero-order valence-electron chi connectivity index (χ0n) is 10.1. The number of aryl methyl sites for hydroxylation is 1. The topological polar surface area (TPSA) is 40.7 Å². The van der Waals surface area contributed by atoms with Crippen LogP contribution >= 0.6 is 0 Å². The molecule has 0 unspecified atom stereocenters. The average Bonchev–Trinajstić information content (AvgIpc) is 2.60. The van der Waals surface area contributed by atoms with Crippen LogP contribution in [-0.4, -0.2) is 23.3 Å². The van der Waals surface area contributed by atoms with E-state index < -0.39 is 0 Å². The van der Waals surface area contributed by atoms with Crippen molar-refractivity contribution in [1.82, 2.24) is 15.5 Å². The molecule has 1 aliphatic heterocycles. The maximum atomic E-state index is 4.49. The molecule has 0 spiro atoms. The lowest BCUT2D eigenvalue weighted by molar-refractivity contribution is 0.703. The first-order valence-electron chi connectivity index (χ1n) is 6.18. The first kappa shape index (κ1) is 10.5. The molecule has 2 heterocycles. The first-order valence-corrected chi connectivity index (χ1v) is 6.18. The van der Waals surface area contributed by atoms with Gasteiger partial charge in [0.05, 0.1) is 5.69 Å². The molecule has 88 valence electrons. The van der Waals surface area contributed by atoms with Crippen molar-refractivity contribution >= 4 is 0 Å². The predicted molar refractivity (Wildman–Crippen MR) is 69.0 cm³/mol. The Bertz CT molecular complexity index is 511. The predicted octanol–water partition coefficient (Wildman–Crippen LogP) is 2.07. The van der Waals surface area contributed by atoms with Crippen molar-refractivity contribution in [2.75, 3.05) is 13.1 Å². The van der Waals surface area contributed by atoms with E-state index in [-0.39, 0.29) is 0 Å². The number of hydrogen-bond acceptors (Lipinski definition) is 2. The normalized spacial score (nSPS) is 15.4. The van der Waals surface area contributed by atoms with Gasteiger partial charge in [-0.15, -0.1) is 0 Å². The van der Waals surface area contributed by atoms with Gasteiger partial charge in [-0.1, -0.05) is 29.8 Å². The summed E-state index contributed by atoms with van der Waals surface area (Å²) < 4.78 is 0. The van der Waals surface area contributed by atoms with Crippen LogP contribution in [0.5, 0.6) is 0 Å². The zero-order valence-corrected chi connectivity index (χ0v) is 10.1. The van der Waals surface area contributed by atoms with Gasteiger partial charge in [-0.25, -0.2) is 0 Å². The Balaban J connectivity index is 2.03. The van der Waals surface area contributed by atoms with Gasteiger partial charge in [-0.05, 0) is 19.9 Å². The lowest BCUT2D eigenvalue weighted by Gasteiger charge is -2.02. The fourth-order valence-corrected chi connectivity index (χ4v) is 2.38. The van der Waals surface area contributed by atoms with Crippen LogP contribution in [0.25, 0.3) is 11.3 Å². The van der Waals surface area contributed by atoms with E-state index >= 15 is 0 Å². The molecular weight excluding hydrogens is 210 g/mol. The van der Waals surface area contributed by atoms with E-state index in [2.05, 4.69) is 46.7 Å². The smallest absolute Gasteiger partial charge is 0.0955 e. The van der Waals surface area contributed by atoms with Crippen LogP contribution in [0.3, 0.4) is 0 Å². The molecule has 0 atom stereocenters. The molecule has 0 radical (unpaired) electrons. The van der Waals surface area contributed by atoms with Gasteiger partial charge in [-0.3, -0.25) is 5.10 Å². The zero-order chi connectivity index (χ0) is 11.7. The van der Waals surface area contributed by atoms with Crippen LogP contribution in [0.15, 0.2) is 24.3 Å². The van der Waals surface area contributed by atoms with Crippen LogP contribution in [0, 0.1) is 6.92 Å². The van der Waals surface area contributed by atoms with Crippen molar-refractivity contribution in [3.63, 3.8) is 0 Å². The second-order valence-corrected chi connectivity index (χ2v) is 4.65. The number of benzene rings is 1. The summed E-state index contributed by atoms with van der Waals surface area (Å²) in [5, 5.41) is 11.1. The monoisotopic (exact) mass is 227 g/mol. The SMILES string of the molecule is Cc1ccc(-c2n[nH]c3c2CCNCC3)cc1. The molecule has 2 aromatic rings. The second-order valence-electron chi connectivity index (χ2n) is 4.65. The van der Waals surface area contributed by atoms with Gasteiger partial charge < -0.3 is 5.32 Å². The molecule has 0 saturated carbocycles. The van der Waals surface area contributed by atoms with Crippen molar-refractivity contribution in [3.8, 4) is 11.3 Å². The van der Waals surface area contributed by atoms with E-state index in [1.54, 1.807) is 0 Å². The molecule has 0 aliphatic carbocycles. The average molecular weight is 227 g/mol. The van der Waals surface area contributed by atoms with Crippen LogP contribution < -0.4 is 5.32 Å². The molecule has 3 nitrogen and oxygen atoms in total. The highest BCUT2D eigenvalue weighted by Gasteiger charge is 2.16. The number of nitrogens with zero attached hydrogens (tertiary/aromatic N) is 1. The van der Waals surface area contributed by atoms with Gasteiger partial charge in [0.2, 0.25) is 0 Å². The third-order valence-electron chi connectivity index (χ3n) is 3.38. The fourth-order valence-electron chi connectivity index (χ4n) is 2.38. The number of nitrogens with one attached hydrogen (secondary N) is 2. The molecule has 0 saturated heterocycles. The van der Waals surface area contributed by atoms with Gasteiger partial charge in [0.15, 0.2) is 0 Å². The largest absolute Gasteiger partial charge is 0.316 e. The number of rotatable bonds is 1. The van der Waals surface area contributed by atoms with E-state index in [1.165, 1.54) is 22.4 Å². The number of aromatic amines is 1. The summed E-state index contributed by atoms with van der Waals surface area (Å²) in [6.07, 6.45) is 2.11. The van der Waals surface area contributed by atoms with E-state index in [0.29, 0.717) is 0 Å². The van der Waals surface area contributed by atoms with Gasteiger partial charge in [-0.2, -0.15) is 5.10 Å². The summed E-state index contributed by atoms with van der Waals surface area (Å²) >= 11 is 0. The molecule has 0 bridgehead atoms. The minimum absolute atomic E-state index is 1.04. The Hall–Kier alpha value is -1.61. The number of hydrogen-bond donors (Lipinski definition) is 2.